The number of likely N-dealkylation sites (tertiary alicyclic amines) is 1. The molecule has 16 heteroatoms. The number of amides is 2. The predicted molar refractivity (Wildman–Crippen MR) is 200 cm³/mol. The van der Waals surface area contributed by atoms with Crippen molar-refractivity contribution in [2.75, 3.05) is 26.2 Å². The molecule has 0 bridgehead atoms. The van der Waals surface area contributed by atoms with Crippen molar-refractivity contribution in [1.29, 1.82) is 0 Å². The highest BCUT2D eigenvalue weighted by Gasteiger charge is 2.44. The van der Waals surface area contributed by atoms with Crippen molar-refractivity contribution in [2.24, 2.45) is 15.8 Å². The lowest BCUT2D eigenvalue weighted by Gasteiger charge is -2.24. The van der Waals surface area contributed by atoms with Gasteiger partial charge in [0.1, 0.15) is 25.4 Å². The average Bonchev–Trinajstić information content (AvgIpc) is 3.33. The number of Topliss-reactive ketones (excluding diaryl/α,β-unsaturated/α-hetero) is 1. The van der Waals surface area contributed by atoms with E-state index in [0.717, 1.165) is 23.3 Å². The van der Waals surface area contributed by atoms with Crippen LogP contribution in [0, 0.1) is 0 Å². The molecule has 16 nitrogen and oxygen atoms in total. The minimum absolute atomic E-state index is 0.0267. The topological polar surface area (TPSA) is 215 Å². The molecule has 0 radical (unpaired) electrons. The number of guanidine groups is 1. The van der Waals surface area contributed by atoms with Gasteiger partial charge in [-0.1, -0.05) is 60.7 Å². The molecule has 294 valence electrons. The van der Waals surface area contributed by atoms with Crippen molar-refractivity contribution < 1.29 is 43.2 Å². The number of carbonyl (C=O) groups excluding carboxylic acids is 3. The second-order valence-electron chi connectivity index (χ2n) is 13.8. The number of hydrazone groups is 1. The number of hydrogen-bond acceptors (Lipinski definition) is 11. The molecule has 2 saturated heterocycles. The van der Waals surface area contributed by atoms with Crippen molar-refractivity contribution in [3.8, 4) is 0 Å². The number of aliphatic imine (C=N–C) groups is 1. The first kappa shape index (κ1) is 41.7. The molecule has 2 aromatic carbocycles. The van der Waals surface area contributed by atoms with Crippen molar-refractivity contribution in [3.63, 3.8) is 0 Å². The van der Waals surface area contributed by atoms with E-state index in [1.54, 1.807) is 12.1 Å². The highest BCUT2D eigenvalue weighted by molar-refractivity contribution is 5.89. The van der Waals surface area contributed by atoms with E-state index in [0.29, 0.717) is 45.3 Å². The zero-order valence-electron chi connectivity index (χ0n) is 31.2. The number of ketones is 1. The summed E-state index contributed by atoms with van der Waals surface area (Å²) < 4.78 is 22.8. The highest BCUT2D eigenvalue weighted by atomic mass is 16.8. The Morgan fingerprint density at radius 3 is 2.06 bits per heavy atom. The Hall–Kier alpha value is -5.06. The zero-order valence-corrected chi connectivity index (χ0v) is 31.2. The van der Waals surface area contributed by atoms with Crippen molar-refractivity contribution in [2.45, 2.75) is 103 Å². The molecule has 0 aromatic heterocycles. The predicted octanol–water partition coefficient (Wildman–Crippen LogP) is 3.69. The lowest BCUT2D eigenvalue weighted by Crippen LogP contribution is -2.41. The van der Waals surface area contributed by atoms with E-state index in [2.05, 4.69) is 31.1 Å². The van der Waals surface area contributed by atoms with Crippen LogP contribution in [-0.4, -0.2) is 102 Å². The molecule has 2 aliphatic rings. The van der Waals surface area contributed by atoms with Gasteiger partial charge in [0.25, 0.3) is 0 Å². The van der Waals surface area contributed by atoms with Gasteiger partial charge in [0.15, 0.2) is 11.6 Å². The van der Waals surface area contributed by atoms with Gasteiger partial charge >= 0.3 is 18.2 Å². The second kappa shape index (κ2) is 21.0. The van der Waals surface area contributed by atoms with E-state index in [-0.39, 0.29) is 50.1 Å². The van der Waals surface area contributed by atoms with Crippen LogP contribution >= 0.6 is 0 Å². The SMILES string of the molecule is CC(=O)[C@H](CCCCN1C/C(=N\NC(N)=NCCC[C@H](NC(=O)OCc2ccccc2)C(=O)O)C[C@@H]2OC(C)(C)O[C@@H]2C1)NC(=O)OCc1ccccc1. The zero-order chi connectivity index (χ0) is 38.9. The van der Waals surface area contributed by atoms with Crippen LogP contribution in [0.4, 0.5) is 9.59 Å². The molecule has 6 N–H and O–H groups in total. The number of nitrogens with one attached hydrogen (secondary N) is 3. The van der Waals surface area contributed by atoms with Crippen molar-refractivity contribution in [1.82, 2.24) is 21.0 Å². The van der Waals surface area contributed by atoms with E-state index in [4.69, 9.17) is 24.7 Å². The lowest BCUT2D eigenvalue weighted by atomic mass is 10.1. The first-order valence-corrected chi connectivity index (χ1v) is 18.2. The molecule has 2 aliphatic heterocycles. The first-order valence-electron chi connectivity index (χ1n) is 18.2. The smallest absolute Gasteiger partial charge is 0.408 e. The Bertz CT molecular complexity index is 1590. The largest absolute Gasteiger partial charge is 0.480 e. The van der Waals surface area contributed by atoms with Gasteiger partial charge in [-0.25, -0.2) is 19.8 Å². The quantitative estimate of drug-likeness (QED) is 0.0638. The number of nitrogens with zero attached hydrogens (tertiary/aromatic N) is 3. The molecule has 2 amide bonds. The van der Waals surface area contributed by atoms with E-state index in [1.807, 2.05) is 62.4 Å². The molecule has 2 heterocycles. The summed E-state index contributed by atoms with van der Waals surface area (Å²) in [6.07, 6.45) is 1.05. The Balaban J connectivity index is 1.23. The maximum absolute atomic E-state index is 12.4. The first-order chi connectivity index (χ1) is 25.9. The number of fused-ring (bicyclic) bond motifs is 1. The minimum Gasteiger partial charge on any atom is -0.480 e. The maximum atomic E-state index is 12.4. The van der Waals surface area contributed by atoms with Crippen LogP contribution in [0.1, 0.15) is 70.4 Å². The number of carboxylic acids is 1. The molecule has 54 heavy (non-hydrogen) atoms. The number of ether oxygens (including phenoxy) is 4. The number of nitrogens with two attached hydrogens (primary N) is 1. The summed E-state index contributed by atoms with van der Waals surface area (Å²) in [6.45, 7) is 7.40. The van der Waals surface area contributed by atoms with Crippen molar-refractivity contribution in [3.05, 3.63) is 71.8 Å². The fourth-order valence-electron chi connectivity index (χ4n) is 6.16. The van der Waals surface area contributed by atoms with Crippen LogP contribution in [0.2, 0.25) is 0 Å². The molecule has 0 spiro atoms. The number of hydrogen-bond donors (Lipinski definition) is 5. The summed E-state index contributed by atoms with van der Waals surface area (Å²) in [4.78, 5) is 55.0. The Labute approximate surface area is 315 Å². The normalized spacial score (nSPS) is 20.2. The summed E-state index contributed by atoms with van der Waals surface area (Å²) >= 11 is 0. The fourth-order valence-corrected chi connectivity index (χ4v) is 6.16. The second-order valence-corrected chi connectivity index (χ2v) is 13.8. The number of carbonyl (C=O) groups is 4. The van der Waals surface area contributed by atoms with Gasteiger partial charge in [-0.15, -0.1) is 0 Å². The van der Waals surface area contributed by atoms with Crippen molar-refractivity contribution >= 4 is 35.6 Å². The molecule has 0 saturated carbocycles. The number of aliphatic carboxylic acids is 1. The van der Waals surface area contributed by atoms with Gasteiger partial charge in [0, 0.05) is 26.1 Å². The Kier molecular flexibility index (Phi) is 16.2. The number of unbranched alkanes of at least 4 members (excludes halogenated alkanes) is 1. The third-order valence-electron chi connectivity index (χ3n) is 8.84. The summed E-state index contributed by atoms with van der Waals surface area (Å²) in [6, 6.07) is 16.6. The molecule has 4 rings (SSSR count). The third-order valence-corrected chi connectivity index (χ3v) is 8.84. The summed E-state index contributed by atoms with van der Waals surface area (Å²) in [5.74, 6) is -2.00. The molecule has 2 fully saturated rings. The van der Waals surface area contributed by atoms with Gasteiger partial charge in [-0.2, -0.15) is 5.10 Å². The maximum Gasteiger partial charge on any atom is 0.408 e. The van der Waals surface area contributed by atoms with Crippen LogP contribution in [-0.2, 0) is 41.8 Å². The fraction of sp³-hybridized carbons (Fsp3) is 0.526. The molecule has 0 aliphatic carbocycles. The molecule has 4 atom stereocenters. The number of benzene rings is 2. The van der Waals surface area contributed by atoms with E-state index < -0.39 is 36.0 Å². The number of alkyl carbamates (subject to hydrolysis) is 2. The van der Waals surface area contributed by atoms with Gasteiger partial charge in [-0.3, -0.25) is 14.7 Å². The van der Waals surface area contributed by atoms with Crippen LogP contribution in [0.3, 0.4) is 0 Å². The summed E-state index contributed by atoms with van der Waals surface area (Å²) in [7, 11) is 0. The van der Waals surface area contributed by atoms with Crippen LogP contribution in [0.5, 0.6) is 0 Å². The van der Waals surface area contributed by atoms with Crippen LogP contribution < -0.4 is 21.8 Å². The highest BCUT2D eigenvalue weighted by Crippen LogP contribution is 2.32. The average molecular weight is 752 g/mol. The van der Waals surface area contributed by atoms with E-state index in [1.165, 1.54) is 6.92 Å². The van der Waals surface area contributed by atoms with E-state index in [9.17, 15) is 24.3 Å². The number of carboxylic acid groups (broad SMARTS) is 1. The minimum atomic E-state index is -1.18. The monoisotopic (exact) mass is 751 g/mol. The molecular weight excluding hydrogens is 698 g/mol. The standard InChI is InChI=1S/C38H53N7O9/c1-26(46)30(41-36(49)51-24-27-13-6-4-7-14-27)17-10-11-20-45-22-29(21-32-33(23-45)54-38(2,3)53-32)43-44-35(39)40-19-12-18-31(34(47)48)42-37(50)52-25-28-15-8-5-9-16-28/h4-9,13-16,30-33H,10-12,17-25H2,1-3H3,(H,41,49)(H,42,50)(H,47,48)(H3,39,40,44)/b43-29-/t30-,31-,32-,33+/m0/s1. The Morgan fingerprint density at radius 2 is 1.46 bits per heavy atom. The van der Waals surface area contributed by atoms with Gasteiger partial charge < -0.3 is 40.4 Å². The van der Waals surface area contributed by atoms with Crippen LogP contribution in [0.25, 0.3) is 0 Å². The molecule has 2 aromatic rings. The van der Waals surface area contributed by atoms with Gasteiger partial charge in [0.05, 0.1) is 17.9 Å². The summed E-state index contributed by atoms with van der Waals surface area (Å²) in [5, 5.41) is 19.2. The number of rotatable bonds is 18. The van der Waals surface area contributed by atoms with E-state index >= 15 is 0 Å². The molecule has 0 unspecified atom stereocenters. The molecular formula is C38H53N7O9. The Morgan fingerprint density at radius 1 is 0.889 bits per heavy atom. The third kappa shape index (κ3) is 14.8. The van der Waals surface area contributed by atoms with Gasteiger partial charge in [-0.05, 0) is 70.5 Å². The van der Waals surface area contributed by atoms with Crippen LogP contribution in [0.15, 0.2) is 70.8 Å². The lowest BCUT2D eigenvalue weighted by molar-refractivity contribution is -0.147. The van der Waals surface area contributed by atoms with Gasteiger partial charge in [0.2, 0.25) is 5.96 Å². The summed E-state index contributed by atoms with van der Waals surface area (Å²) in [5.41, 5.74) is 11.3.